The Morgan fingerprint density at radius 1 is 0.960 bits per heavy atom. The van der Waals surface area contributed by atoms with Gasteiger partial charge in [-0.3, -0.25) is 4.79 Å². The minimum absolute atomic E-state index is 0.0480. The molecule has 0 aliphatic rings. The van der Waals surface area contributed by atoms with Gasteiger partial charge < -0.3 is 4.98 Å². The molecule has 4 heteroatoms. The molecule has 0 bridgehead atoms. The van der Waals surface area contributed by atoms with Gasteiger partial charge in [0.15, 0.2) is 0 Å². The molecular formula is C21H16BrNOS. The Hall–Kier alpha value is -2.17. The summed E-state index contributed by atoms with van der Waals surface area (Å²) >= 11 is 5.15. The predicted molar refractivity (Wildman–Crippen MR) is 110 cm³/mol. The largest absolute Gasteiger partial charge is 0.321 e. The maximum Gasteiger partial charge on any atom is 0.257 e. The zero-order chi connectivity index (χ0) is 17.6. The van der Waals surface area contributed by atoms with Gasteiger partial charge in [-0.15, -0.1) is 11.3 Å². The molecule has 2 aromatic carbocycles. The summed E-state index contributed by atoms with van der Waals surface area (Å²) < 4.78 is 0.999. The summed E-state index contributed by atoms with van der Waals surface area (Å²) in [6, 6.07) is 16.4. The first-order valence-corrected chi connectivity index (χ1v) is 9.69. The van der Waals surface area contributed by atoms with Crippen LogP contribution >= 0.6 is 27.3 Å². The second kappa shape index (κ2) is 6.28. The molecule has 0 aliphatic carbocycles. The molecule has 0 aliphatic heterocycles. The van der Waals surface area contributed by atoms with E-state index in [1.807, 2.05) is 29.6 Å². The van der Waals surface area contributed by atoms with Crippen molar-refractivity contribution in [2.75, 3.05) is 0 Å². The van der Waals surface area contributed by atoms with E-state index in [2.05, 4.69) is 59.0 Å². The van der Waals surface area contributed by atoms with Gasteiger partial charge in [-0.1, -0.05) is 34.1 Å². The third kappa shape index (κ3) is 2.86. The summed E-state index contributed by atoms with van der Waals surface area (Å²) in [6.07, 6.45) is 0. The molecule has 124 valence electrons. The number of pyridine rings is 1. The molecule has 0 saturated carbocycles. The van der Waals surface area contributed by atoms with Gasteiger partial charge in [0.25, 0.3) is 5.56 Å². The molecule has 4 rings (SSSR count). The van der Waals surface area contributed by atoms with E-state index in [-0.39, 0.29) is 5.56 Å². The number of H-pyrrole nitrogens is 1. The Morgan fingerprint density at radius 2 is 1.76 bits per heavy atom. The fourth-order valence-electron chi connectivity index (χ4n) is 3.16. The van der Waals surface area contributed by atoms with Crippen LogP contribution < -0.4 is 5.56 Å². The summed E-state index contributed by atoms with van der Waals surface area (Å²) in [6.45, 7) is 4.18. The third-order valence-corrected chi connectivity index (χ3v) is 5.89. The van der Waals surface area contributed by atoms with E-state index < -0.39 is 0 Å². The SMILES string of the molecule is Cc1cc2[nH]c(=O)c(-c3cccs3)c(-c3cccc(Br)c3)c2cc1C. The van der Waals surface area contributed by atoms with Gasteiger partial charge in [0.05, 0.1) is 5.56 Å². The average Bonchev–Trinajstić information content (AvgIpc) is 3.09. The van der Waals surface area contributed by atoms with Crippen LogP contribution in [0.1, 0.15) is 11.1 Å². The number of hydrogen-bond donors (Lipinski definition) is 1. The zero-order valence-electron chi connectivity index (χ0n) is 13.9. The number of aromatic nitrogens is 1. The molecule has 0 amide bonds. The fourth-order valence-corrected chi connectivity index (χ4v) is 4.33. The lowest BCUT2D eigenvalue weighted by Crippen LogP contribution is -2.11. The number of thiophene rings is 1. The molecule has 0 spiro atoms. The van der Waals surface area contributed by atoms with Crippen molar-refractivity contribution >= 4 is 38.2 Å². The van der Waals surface area contributed by atoms with Crippen LogP contribution in [0.3, 0.4) is 0 Å². The number of rotatable bonds is 2. The Kier molecular flexibility index (Phi) is 4.10. The first kappa shape index (κ1) is 16.3. The number of nitrogens with one attached hydrogen (secondary N) is 1. The summed E-state index contributed by atoms with van der Waals surface area (Å²) in [5, 5.41) is 3.08. The number of aryl methyl sites for hydroxylation is 2. The lowest BCUT2D eigenvalue weighted by molar-refractivity contribution is 1.28. The highest BCUT2D eigenvalue weighted by molar-refractivity contribution is 9.10. The maximum absolute atomic E-state index is 12.9. The first-order valence-electron chi connectivity index (χ1n) is 8.01. The minimum Gasteiger partial charge on any atom is -0.321 e. The van der Waals surface area contributed by atoms with E-state index in [1.54, 1.807) is 11.3 Å². The van der Waals surface area contributed by atoms with Crippen LogP contribution in [0.5, 0.6) is 0 Å². The second-order valence-electron chi connectivity index (χ2n) is 6.17. The van der Waals surface area contributed by atoms with Gasteiger partial charge >= 0.3 is 0 Å². The summed E-state index contributed by atoms with van der Waals surface area (Å²) in [5.74, 6) is 0. The van der Waals surface area contributed by atoms with Crippen molar-refractivity contribution in [3.63, 3.8) is 0 Å². The average molecular weight is 410 g/mol. The standard InChI is InChI=1S/C21H16BrNOS/c1-12-9-16-17(10-13(12)2)23-21(24)20(18-7-4-8-25-18)19(16)14-5-3-6-15(22)11-14/h3-11H,1-2H3,(H,23,24). The monoisotopic (exact) mass is 409 g/mol. The Morgan fingerprint density at radius 3 is 2.48 bits per heavy atom. The van der Waals surface area contributed by atoms with Crippen molar-refractivity contribution in [1.82, 2.24) is 4.98 Å². The summed E-state index contributed by atoms with van der Waals surface area (Å²) in [7, 11) is 0. The van der Waals surface area contributed by atoms with E-state index in [0.717, 1.165) is 36.9 Å². The van der Waals surface area contributed by atoms with Crippen molar-refractivity contribution < 1.29 is 0 Å². The molecule has 0 atom stereocenters. The van der Waals surface area contributed by atoms with E-state index in [9.17, 15) is 4.79 Å². The van der Waals surface area contributed by atoms with Gasteiger partial charge in [0, 0.05) is 25.8 Å². The van der Waals surface area contributed by atoms with Crippen molar-refractivity contribution in [2.45, 2.75) is 13.8 Å². The fraction of sp³-hybridized carbons (Fsp3) is 0.0952. The van der Waals surface area contributed by atoms with Crippen molar-refractivity contribution in [1.29, 1.82) is 0 Å². The lowest BCUT2D eigenvalue weighted by atomic mass is 9.93. The molecule has 25 heavy (non-hydrogen) atoms. The van der Waals surface area contributed by atoms with Crippen LogP contribution in [0.15, 0.2) is 63.2 Å². The quantitative estimate of drug-likeness (QED) is 0.413. The number of aromatic amines is 1. The van der Waals surface area contributed by atoms with Gasteiger partial charge in [0.2, 0.25) is 0 Å². The van der Waals surface area contributed by atoms with E-state index in [4.69, 9.17) is 0 Å². The zero-order valence-corrected chi connectivity index (χ0v) is 16.3. The highest BCUT2D eigenvalue weighted by Crippen LogP contribution is 2.38. The Balaban J connectivity index is 2.20. The lowest BCUT2D eigenvalue weighted by Gasteiger charge is -2.14. The van der Waals surface area contributed by atoms with Crippen LogP contribution in [0.2, 0.25) is 0 Å². The second-order valence-corrected chi connectivity index (χ2v) is 8.04. The third-order valence-electron chi connectivity index (χ3n) is 4.51. The summed E-state index contributed by atoms with van der Waals surface area (Å²) in [5.41, 5.74) is 5.99. The van der Waals surface area contributed by atoms with Gasteiger partial charge in [-0.2, -0.15) is 0 Å². The highest BCUT2D eigenvalue weighted by Gasteiger charge is 2.17. The topological polar surface area (TPSA) is 32.9 Å². The molecule has 4 aromatic rings. The van der Waals surface area contributed by atoms with E-state index >= 15 is 0 Å². The predicted octanol–water partition coefficient (Wildman–Crippen LogP) is 6.30. The Bertz CT molecular complexity index is 1140. The molecule has 0 unspecified atom stereocenters. The molecule has 0 fully saturated rings. The van der Waals surface area contributed by atoms with Gasteiger partial charge in [-0.25, -0.2) is 0 Å². The first-order chi connectivity index (χ1) is 12.0. The number of benzene rings is 2. The highest BCUT2D eigenvalue weighted by atomic mass is 79.9. The summed E-state index contributed by atoms with van der Waals surface area (Å²) in [4.78, 5) is 17.0. The van der Waals surface area contributed by atoms with Gasteiger partial charge in [0.1, 0.15) is 0 Å². The number of hydrogen-bond acceptors (Lipinski definition) is 2. The smallest absolute Gasteiger partial charge is 0.257 e. The number of fused-ring (bicyclic) bond motifs is 1. The van der Waals surface area contributed by atoms with E-state index in [0.29, 0.717) is 0 Å². The molecule has 0 radical (unpaired) electrons. The van der Waals surface area contributed by atoms with Crippen molar-refractivity contribution in [3.8, 4) is 21.6 Å². The Labute approximate surface area is 158 Å². The normalized spacial score (nSPS) is 11.2. The molecule has 2 aromatic heterocycles. The molecule has 0 saturated heterocycles. The van der Waals surface area contributed by atoms with Crippen LogP contribution in [0, 0.1) is 13.8 Å². The number of halogens is 1. The molecular weight excluding hydrogens is 394 g/mol. The minimum atomic E-state index is -0.0480. The van der Waals surface area contributed by atoms with E-state index in [1.165, 1.54) is 11.1 Å². The maximum atomic E-state index is 12.9. The molecule has 2 heterocycles. The van der Waals surface area contributed by atoms with Crippen LogP contribution in [-0.4, -0.2) is 4.98 Å². The molecule has 1 N–H and O–H groups in total. The van der Waals surface area contributed by atoms with Crippen molar-refractivity contribution in [2.24, 2.45) is 0 Å². The molecule has 2 nitrogen and oxygen atoms in total. The van der Waals surface area contributed by atoms with Crippen LogP contribution in [0.25, 0.3) is 32.5 Å². The van der Waals surface area contributed by atoms with Crippen molar-refractivity contribution in [3.05, 3.63) is 79.9 Å². The van der Waals surface area contributed by atoms with Crippen LogP contribution in [-0.2, 0) is 0 Å². The van der Waals surface area contributed by atoms with Gasteiger partial charge in [-0.05, 0) is 66.2 Å². The van der Waals surface area contributed by atoms with Crippen LogP contribution in [0.4, 0.5) is 0 Å².